The van der Waals surface area contributed by atoms with E-state index in [1.165, 1.54) is 6.20 Å². The van der Waals surface area contributed by atoms with E-state index in [1.54, 1.807) is 35.1 Å². The number of imide groups is 2. The summed E-state index contributed by atoms with van der Waals surface area (Å²) in [5.41, 5.74) is 2.26. The first-order valence-electron chi connectivity index (χ1n) is 23.1. The molecule has 65 heavy (non-hydrogen) atoms. The Morgan fingerprint density at radius 2 is 1.75 bits per heavy atom. The molecule has 1 spiro atoms. The Morgan fingerprint density at radius 1 is 0.938 bits per heavy atom. The number of benzene rings is 1. The van der Waals surface area contributed by atoms with E-state index in [0.29, 0.717) is 47.1 Å². The Balaban J connectivity index is 0.651. The van der Waals surface area contributed by atoms with E-state index in [4.69, 9.17) is 9.72 Å². The van der Waals surface area contributed by atoms with Gasteiger partial charge in [-0.1, -0.05) is 6.07 Å². The topological polar surface area (TPSA) is 184 Å². The maximum Gasteiger partial charge on any atom is 0.284 e. The lowest BCUT2D eigenvalue weighted by Crippen LogP contribution is -2.54. The van der Waals surface area contributed by atoms with E-state index < -0.39 is 47.7 Å². The summed E-state index contributed by atoms with van der Waals surface area (Å²) in [5.74, 6) is -0.877. The molecule has 8 heterocycles. The third kappa shape index (κ3) is 7.71. The normalized spacial score (nSPS) is 26.6. The molecule has 2 bridgehead atoms. The molecule has 5 aliphatic heterocycles. The van der Waals surface area contributed by atoms with Gasteiger partial charge in [0.1, 0.15) is 17.4 Å². The molecule has 2 aliphatic carbocycles. The standard InChI is InChI=1S/C47H52F2N10O6/c48-42(49)41-35(52-43(61)32-12-15-50-34-8-10-37(53-40(32)34)57-23-30-18-29(57)25-65-30)24-58(55-41)28-6-4-26(5-7-28)22-56-16-13-47(14-17-56)19-27(20-47)21-51-33-3-1-2-31-39(33)46(64)59(45(31)63)36-9-11-38(60)54-44(36)62/h1-3,8,10,12,15,24,26-30,36,42,51H,4-7,9,11,13-14,16-23,25H2,(H,52,61)(H,54,60,62)/t26?,28?,29-,30-,36?/m1/s1. The van der Waals surface area contributed by atoms with E-state index in [0.717, 1.165) is 94.7 Å². The predicted octanol–water partition coefficient (Wildman–Crippen LogP) is 5.73. The summed E-state index contributed by atoms with van der Waals surface area (Å²) in [6.07, 6.45) is 9.58. The molecule has 16 nitrogen and oxygen atoms in total. The minimum absolute atomic E-state index is 0.00652. The Labute approximate surface area is 373 Å². The zero-order chi connectivity index (χ0) is 44.6. The Morgan fingerprint density at radius 3 is 2.49 bits per heavy atom. The number of anilines is 3. The maximum atomic E-state index is 14.4. The number of carbonyl (C=O) groups is 5. The van der Waals surface area contributed by atoms with Gasteiger partial charge in [0, 0.05) is 44.1 Å². The van der Waals surface area contributed by atoms with Crippen LogP contribution in [0.15, 0.2) is 48.8 Å². The van der Waals surface area contributed by atoms with Crippen LogP contribution in [-0.4, -0.2) is 117 Å². The summed E-state index contributed by atoms with van der Waals surface area (Å²) >= 11 is 0. The SMILES string of the molecule is O=C1CCC(N2C(=O)c3cccc(NCC4CC5(CCN(CC6CCC(n7cc(NC(=O)c8ccnc9ccc(N%10C[C@H]%11C[C@@H]%10CO%11)nc89)c(C(F)F)n7)CC6)CC5)C4)c3C2=O)C(=O)N1. The van der Waals surface area contributed by atoms with Gasteiger partial charge in [-0.25, -0.2) is 13.8 Å². The summed E-state index contributed by atoms with van der Waals surface area (Å²) in [5, 5.41) is 12.8. The first-order chi connectivity index (χ1) is 31.5. The van der Waals surface area contributed by atoms with Crippen molar-refractivity contribution in [1.29, 1.82) is 0 Å². The van der Waals surface area contributed by atoms with Gasteiger partial charge in [-0.05, 0) is 125 Å². The van der Waals surface area contributed by atoms with Gasteiger partial charge in [0.25, 0.3) is 24.1 Å². The highest BCUT2D eigenvalue weighted by Gasteiger charge is 2.48. The first-order valence-corrected chi connectivity index (χ1v) is 23.1. The molecule has 11 rings (SSSR count). The average molecular weight is 891 g/mol. The Hall–Kier alpha value is -5.88. The fourth-order valence-electron chi connectivity index (χ4n) is 11.9. The van der Waals surface area contributed by atoms with Gasteiger partial charge in [0.05, 0.1) is 52.7 Å². The number of piperidine rings is 2. The minimum Gasteiger partial charge on any atom is -0.384 e. The molecule has 18 heteroatoms. The van der Waals surface area contributed by atoms with Gasteiger partial charge < -0.3 is 25.2 Å². The molecule has 3 atom stereocenters. The van der Waals surface area contributed by atoms with Gasteiger partial charge in [0.15, 0.2) is 5.69 Å². The number of hydrogen-bond donors (Lipinski definition) is 3. The third-order valence-electron chi connectivity index (χ3n) is 15.3. The zero-order valence-electron chi connectivity index (χ0n) is 36.0. The fraction of sp³-hybridized carbons (Fsp3) is 0.532. The lowest BCUT2D eigenvalue weighted by atomic mass is 9.57. The summed E-state index contributed by atoms with van der Waals surface area (Å²) in [6, 6.07) is 9.68. The molecular weight excluding hydrogens is 839 g/mol. The largest absolute Gasteiger partial charge is 0.384 e. The number of pyridine rings is 2. The number of nitrogens with one attached hydrogen (secondary N) is 3. The van der Waals surface area contributed by atoms with Crippen LogP contribution < -0.4 is 20.9 Å². The van der Waals surface area contributed by atoms with Crippen LogP contribution in [0.1, 0.15) is 120 Å². The van der Waals surface area contributed by atoms with Gasteiger partial charge in [-0.3, -0.25) is 43.9 Å². The lowest BCUT2D eigenvalue weighted by molar-refractivity contribution is -0.136. The number of amides is 5. The summed E-state index contributed by atoms with van der Waals surface area (Å²) in [6.45, 7) is 5.16. The number of likely N-dealkylation sites (tertiary alicyclic amines) is 1. The number of carbonyl (C=O) groups excluding carboxylic acids is 5. The van der Waals surface area contributed by atoms with Crippen LogP contribution in [0.2, 0.25) is 0 Å². The maximum absolute atomic E-state index is 14.4. The molecule has 2 saturated carbocycles. The van der Waals surface area contributed by atoms with E-state index in [2.05, 4.69) is 35.8 Å². The van der Waals surface area contributed by atoms with E-state index >= 15 is 0 Å². The van der Waals surface area contributed by atoms with Gasteiger partial charge in [0.2, 0.25) is 11.8 Å². The van der Waals surface area contributed by atoms with Crippen LogP contribution in [0.4, 0.5) is 26.0 Å². The molecule has 5 amide bonds. The summed E-state index contributed by atoms with van der Waals surface area (Å²) < 4.78 is 36.2. The van der Waals surface area contributed by atoms with Gasteiger partial charge in [-0.15, -0.1) is 0 Å². The second-order valence-electron chi connectivity index (χ2n) is 19.4. The van der Waals surface area contributed by atoms with E-state index in [1.807, 2.05) is 12.1 Å². The number of aromatic nitrogens is 4. The van der Waals surface area contributed by atoms with Crippen molar-refractivity contribution in [2.45, 2.75) is 101 Å². The van der Waals surface area contributed by atoms with E-state index in [-0.39, 0.29) is 53.4 Å². The number of halogens is 2. The molecule has 1 unspecified atom stereocenters. The summed E-state index contributed by atoms with van der Waals surface area (Å²) in [7, 11) is 0. The van der Waals surface area contributed by atoms with E-state index in [9.17, 15) is 32.8 Å². The van der Waals surface area contributed by atoms with Crippen molar-refractivity contribution in [3.8, 4) is 0 Å². The highest BCUT2D eigenvalue weighted by atomic mass is 19.3. The second-order valence-corrected chi connectivity index (χ2v) is 19.4. The highest BCUT2D eigenvalue weighted by Crippen LogP contribution is 2.53. The third-order valence-corrected chi connectivity index (χ3v) is 15.3. The molecule has 3 aromatic heterocycles. The predicted molar refractivity (Wildman–Crippen MR) is 234 cm³/mol. The first kappa shape index (κ1) is 41.8. The second kappa shape index (κ2) is 16.5. The van der Waals surface area contributed by atoms with Crippen LogP contribution in [0, 0.1) is 17.3 Å². The van der Waals surface area contributed by atoms with Crippen molar-refractivity contribution in [2.24, 2.45) is 17.3 Å². The van der Waals surface area contributed by atoms with Crippen molar-refractivity contribution in [2.75, 3.05) is 54.9 Å². The van der Waals surface area contributed by atoms with Crippen molar-refractivity contribution < 1.29 is 37.5 Å². The number of nitrogens with zero attached hydrogens (tertiary/aromatic N) is 7. The molecule has 340 valence electrons. The Kier molecular flexibility index (Phi) is 10.6. The molecule has 4 saturated heterocycles. The molecule has 3 N–H and O–H groups in total. The fourth-order valence-corrected chi connectivity index (χ4v) is 11.9. The number of morpholine rings is 1. The highest BCUT2D eigenvalue weighted by molar-refractivity contribution is 6.25. The van der Waals surface area contributed by atoms with Crippen LogP contribution in [-0.2, 0) is 14.3 Å². The number of fused-ring (bicyclic) bond motifs is 4. The number of rotatable bonds is 11. The average Bonchev–Trinajstić information content (AvgIpc) is 4.10. The smallest absolute Gasteiger partial charge is 0.284 e. The van der Waals surface area contributed by atoms with Gasteiger partial charge in [-0.2, -0.15) is 5.10 Å². The molecule has 1 aromatic carbocycles. The minimum atomic E-state index is -2.86. The monoisotopic (exact) mass is 890 g/mol. The van der Waals surface area contributed by atoms with Gasteiger partial charge >= 0.3 is 0 Å². The molecule has 4 aromatic rings. The zero-order valence-corrected chi connectivity index (χ0v) is 36.0. The number of alkyl halides is 2. The number of hydrogen-bond acceptors (Lipinski definition) is 12. The van der Waals surface area contributed by atoms with Crippen molar-refractivity contribution in [3.05, 3.63) is 71.2 Å². The van der Waals surface area contributed by atoms with Crippen molar-refractivity contribution in [3.63, 3.8) is 0 Å². The van der Waals surface area contributed by atoms with Crippen molar-refractivity contribution >= 4 is 57.8 Å². The van der Waals surface area contributed by atoms with Crippen LogP contribution >= 0.6 is 0 Å². The Bertz CT molecular complexity index is 2580. The molecular formula is C47H52F2N10O6. The number of ether oxygens (including phenoxy) is 1. The molecule has 0 radical (unpaired) electrons. The summed E-state index contributed by atoms with van der Waals surface area (Å²) in [4.78, 5) is 79.7. The van der Waals surface area contributed by atoms with Crippen LogP contribution in [0.25, 0.3) is 11.0 Å². The molecule has 6 fully saturated rings. The lowest BCUT2D eigenvalue weighted by Gasteiger charge is -2.53. The van der Waals surface area contributed by atoms with Crippen LogP contribution in [0.5, 0.6) is 0 Å². The molecule has 7 aliphatic rings. The quantitative estimate of drug-likeness (QED) is 0.156. The van der Waals surface area contributed by atoms with Crippen molar-refractivity contribution in [1.82, 2.24) is 34.9 Å². The van der Waals surface area contributed by atoms with Crippen LogP contribution in [0.3, 0.4) is 0 Å².